The fourth-order valence-corrected chi connectivity index (χ4v) is 3.75. The van der Waals surface area contributed by atoms with E-state index in [1.807, 2.05) is 24.4 Å². The van der Waals surface area contributed by atoms with Crippen molar-refractivity contribution in [2.45, 2.75) is 33.2 Å². The summed E-state index contributed by atoms with van der Waals surface area (Å²) in [6.45, 7) is 5.42. The van der Waals surface area contributed by atoms with Crippen molar-refractivity contribution < 1.29 is 4.79 Å². The van der Waals surface area contributed by atoms with Crippen LogP contribution in [0.25, 0.3) is 11.3 Å². The molecule has 0 saturated carbocycles. The molecule has 27 heavy (non-hydrogen) atoms. The van der Waals surface area contributed by atoms with Crippen molar-refractivity contribution >= 4 is 34.0 Å². The van der Waals surface area contributed by atoms with Gasteiger partial charge < -0.3 is 5.32 Å². The Balaban J connectivity index is 1.82. The van der Waals surface area contributed by atoms with Crippen LogP contribution in [0.1, 0.15) is 30.8 Å². The van der Waals surface area contributed by atoms with E-state index in [0.29, 0.717) is 28.0 Å². The molecule has 0 bridgehead atoms. The molecule has 2 aromatic heterocycles. The Labute approximate surface area is 165 Å². The molecule has 0 fully saturated rings. The maximum atomic E-state index is 12.8. The average Bonchev–Trinajstić information content (AvgIpc) is 3.06. The van der Waals surface area contributed by atoms with Crippen molar-refractivity contribution in [3.05, 3.63) is 62.6 Å². The summed E-state index contributed by atoms with van der Waals surface area (Å²) in [7, 11) is 0. The van der Waals surface area contributed by atoms with Crippen LogP contribution in [0.15, 0.2) is 40.5 Å². The number of hydrogen-bond acceptors (Lipinski definition) is 5. The fourth-order valence-electron chi connectivity index (χ4n) is 2.90. The molecule has 0 radical (unpaired) electrons. The SMILES string of the molecule is CCC(C(=O)Nc1nc(-c2ccc(Cl)cc2)cs1)n1c(C)cc(C)nc1=O. The molecule has 1 N–H and O–H groups in total. The van der Waals surface area contributed by atoms with Crippen molar-refractivity contribution in [3.63, 3.8) is 0 Å². The molecule has 3 aromatic rings. The summed E-state index contributed by atoms with van der Waals surface area (Å²) in [5.74, 6) is -0.287. The van der Waals surface area contributed by atoms with Crippen LogP contribution in [-0.2, 0) is 4.79 Å². The van der Waals surface area contributed by atoms with Crippen molar-refractivity contribution in [1.29, 1.82) is 0 Å². The van der Waals surface area contributed by atoms with E-state index in [2.05, 4.69) is 15.3 Å². The highest BCUT2D eigenvalue weighted by molar-refractivity contribution is 7.14. The largest absolute Gasteiger partial charge is 0.348 e. The molecule has 8 heteroatoms. The topological polar surface area (TPSA) is 76.9 Å². The zero-order valence-corrected chi connectivity index (χ0v) is 16.8. The van der Waals surface area contributed by atoms with E-state index in [0.717, 1.165) is 11.3 Å². The van der Waals surface area contributed by atoms with Gasteiger partial charge in [0, 0.05) is 27.4 Å². The second-order valence-electron chi connectivity index (χ2n) is 6.15. The molecule has 1 atom stereocenters. The van der Waals surface area contributed by atoms with Gasteiger partial charge in [0.05, 0.1) is 5.69 Å². The summed E-state index contributed by atoms with van der Waals surface area (Å²) in [5, 5.41) is 5.82. The second kappa shape index (κ2) is 8.02. The number of carbonyl (C=O) groups excluding carboxylic acids is 1. The Morgan fingerprint density at radius 2 is 1.96 bits per heavy atom. The molecule has 1 aromatic carbocycles. The minimum atomic E-state index is -0.645. The van der Waals surface area contributed by atoms with Gasteiger partial charge in [-0.2, -0.15) is 4.98 Å². The van der Waals surface area contributed by atoms with Gasteiger partial charge in [-0.05, 0) is 38.5 Å². The van der Waals surface area contributed by atoms with Gasteiger partial charge in [-0.3, -0.25) is 9.36 Å². The second-order valence-corrected chi connectivity index (χ2v) is 7.44. The lowest BCUT2D eigenvalue weighted by Crippen LogP contribution is -2.36. The van der Waals surface area contributed by atoms with E-state index in [1.165, 1.54) is 15.9 Å². The average molecular weight is 403 g/mol. The fraction of sp³-hybridized carbons (Fsp3) is 0.263. The summed E-state index contributed by atoms with van der Waals surface area (Å²) in [4.78, 5) is 33.5. The number of aromatic nitrogens is 3. The van der Waals surface area contributed by atoms with E-state index in [1.54, 1.807) is 32.0 Å². The van der Waals surface area contributed by atoms with Gasteiger partial charge in [-0.15, -0.1) is 11.3 Å². The molecule has 1 amide bonds. The number of thiazole rings is 1. The van der Waals surface area contributed by atoms with Crippen molar-refractivity contribution in [2.24, 2.45) is 0 Å². The number of halogens is 1. The molecule has 2 heterocycles. The Hall–Kier alpha value is -2.51. The molecule has 3 rings (SSSR count). The van der Waals surface area contributed by atoms with Crippen LogP contribution >= 0.6 is 22.9 Å². The third kappa shape index (κ3) is 4.26. The maximum absolute atomic E-state index is 12.8. The van der Waals surface area contributed by atoms with Crippen LogP contribution in [0.5, 0.6) is 0 Å². The molecule has 140 valence electrons. The van der Waals surface area contributed by atoms with Crippen molar-refractivity contribution in [2.75, 3.05) is 5.32 Å². The Morgan fingerprint density at radius 1 is 1.26 bits per heavy atom. The molecule has 1 unspecified atom stereocenters. The number of amides is 1. The van der Waals surface area contributed by atoms with Crippen molar-refractivity contribution in [1.82, 2.24) is 14.5 Å². The van der Waals surface area contributed by atoms with Gasteiger partial charge in [0.2, 0.25) is 5.91 Å². The first kappa shape index (κ1) is 19.3. The highest BCUT2D eigenvalue weighted by atomic mass is 35.5. The molecular weight excluding hydrogens is 384 g/mol. The van der Waals surface area contributed by atoms with Gasteiger partial charge in [-0.1, -0.05) is 30.7 Å². The third-order valence-corrected chi connectivity index (χ3v) is 5.16. The Bertz CT molecular complexity index is 1030. The predicted molar refractivity (Wildman–Crippen MR) is 108 cm³/mol. The van der Waals surface area contributed by atoms with Crippen LogP contribution in [0.2, 0.25) is 5.02 Å². The Morgan fingerprint density at radius 3 is 2.59 bits per heavy atom. The standard InChI is InChI=1S/C19H19ClN4O2S/c1-4-16(24-12(3)9-11(2)21-19(24)26)17(25)23-18-22-15(10-27-18)13-5-7-14(20)8-6-13/h5-10,16H,4H2,1-3H3,(H,22,23,25). The summed E-state index contributed by atoms with van der Waals surface area (Å²) in [6, 6.07) is 8.48. The summed E-state index contributed by atoms with van der Waals surface area (Å²) >= 11 is 7.24. The number of anilines is 1. The van der Waals surface area contributed by atoms with Gasteiger partial charge in [-0.25, -0.2) is 9.78 Å². The van der Waals surface area contributed by atoms with Crippen LogP contribution < -0.4 is 11.0 Å². The zero-order valence-electron chi connectivity index (χ0n) is 15.2. The number of carbonyl (C=O) groups is 1. The third-order valence-electron chi connectivity index (χ3n) is 4.15. The Kier molecular flexibility index (Phi) is 5.72. The highest BCUT2D eigenvalue weighted by Crippen LogP contribution is 2.26. The van der Waals surface area contributed by atoms with Gasteiger partial charge in [0.1, 0.15) is 6.04 Å². The summed E-state index contributed by atoms with van der Waals surface area (Å²) in [6.07, 6.45) is 0.465. The number of nitrogens with zero attached hydrogens (tertiary/aromatic N) is 3. The van der Waals surface area contributed by atoms with Gasteiger partial charge in [0.15, 0.2) is 5.13 Å². The molecule has 0 aliphatic rings. The lowest BCUT2D eigenvalue weighted by Gasteiger charge is -2.19. The first-order chi connectivity index (χ1) is 12.9. The minimum absolute atomic E-state index is 0.287. The van der Waals surface area contributed by atoms with E-state index < -0.39 is 11.7 Å². The zero-order chi connectivity index (χ0) is 19.6. The number of benzene rings is 1. The van der Waals surface area contributed by atoms with Gasteiger partial charge in [0.25, 0.3) is 0 Å². The number of aryl methyl sites for hydroxylation is 2. The van der Waals surface area contributed by atoms with Crippen LogP contribution in [0.4, 0.5) is 5.13 Å². The quantitative estimate of drug-likeness (QED) is 0.692. The molecular formula is C19H19ClN4O2S. The van der Waals surface area contributed by atoms with Crippen LogP contribution in [0, 0.1) is 13.8 Å². The van der Waals surface area contributed by atoms with Crippen LogP contribution in [-0.4, -0.2) is 20.4 Å². The molecule has 0 saturated heterocycles. The predicted octanol–water partition coefficient (Wildman–Crippen LogP) is 4.23. The lowest BCUT2D eigenvalue weighted by molar-refractivity contribution is -0.119. The summed E-state index contributed by atoms with van der Waals surface area (Å²) < 4.78 is 1.43. The smallest absolute Gasteiger partial charge is 0.300 e. The van der Waals surface area contributed by atoms with Gasteiger partial charge >= 0.3 is 5.69 Å². The molecule has 6 nitrogen and oxygen atoms in total. The molecule has 0 aliphatic carbocycles. The van der Waals surface area contributed by atoms with E-state index in [4.69, 9.17) is 11.6 Å². The molecule has 0 spiro atoms. The number of nitrogens with one attached hydrogen (secondary N) is 1. The lowest BCUT2D eigenvalue weighted by atomic mass is 10.2. The van der Waals surface area contributed by atoms with E-state index in [-0.39, 0.29) is 5.91 Å². The highest BCUT2D eigenvalue weighted by Gasteiger charge is 2.23. The van der Waals surface area contributed by atoms with Crippen molar-refractivity contribution in [3.8, 4) is 11.3 Å². The normalized spacial score (nSPS) is 12.0. The monoisotopic (exact) mass is 402 g/mol. The minimum Gasteiger partial charge on any atom is -0.300 e. The maximum Gasteiger partial charge on any atom is 0.348 e. The molecule has 0 aliphatic heterocycles. The number of hydrogen-bond donors (Lipinski definition) is 1. The van der Waals surface area contributed by atoms with E-state index >= 15 is 0 Å². The summed E-state index contributed by atoms with van der Waals surface area (Å²) in [5.41, 5.74) is 2.59. The number of rotatable bonds is 5. The van der Waals surface area contributed by atoms with E-state index in [9.17, 15) is 9.59 Å². The van der Waals surface area contributed by atoms with Crippen LogP contribution in [0.3, 0.4) is 0 Å². The first-order valence-electron chi connectivity index (χ1n) is 8.48. The first-order valence-corrected chi connectivity index (χ1v) is 9.74.